The van der Waals surface area contributed by atoms with Gasteiger partial charge < -0.3 is 14.8 Å². The van der Waals surface area contributed by atoms with Crippen molar-refractivity contribution in [2.45, 2.75) is 36.8 Å². The van der Waals surface area contributed by atoms with E-state index in [4.69, 9.17) is 4.74 Å². The average Bonchev–Trinajstić information content (AvgIpc) is 3.43. The van der Waals surface area contributed by atoms with Crippen molar-refractivity contribution in [2.75, 3.05) is 13.1 Å². The highest BCUT2D eigenvalue weighted by Crippen LogP contribution is 2.67. The number of likely N-dealkylation sites (tertiary alicyclic amines) is 1. The molecule has 3 heterocycles. The molecule has 0 unspecified atom stereocenters. The first kappa shape index (κ1) is 22.0. The molecule has 2 aliphatic heterocycles. The van der Waals surface area contributed by atoms with E-state index in [1.807, 2.05) is 6.07 Å². The third-order valence-electron chi connectivity index (χ3n) is 9.21. The van der Waals surface area contributed by atoms with Crippen LogP contribution in [0.3, 0.4) is 0 Å². The number of halogens is 1. The molecule has 36 heavy (non-hydrogen) atoms. The summed E-state index contributed by atoms with van der Waals surface area (Å²) in [5, 5.41) is 12.1. The summed E-state index contributed by atoms with van der Waals surface area (Å²) in [6.07, 6.45) is 7.64. The van der Waals surface area contributed by atoms with Crippen LogP contribution >= 0.6 is 12.4 Å². The van der Waals surface area contributed by atoms with Crippen molar-refractivity contribution < 1.29 is 9.84 Å². The minimum atomic E-state index is -0.0696. The molecule has 0 radical (unpaired) electrons. The molecule has 4 nitrogen and oxygen atoms in total. The predicted molar refractivity (Wildman–Crippen MR) is 145 cm³/mol. The van der Waals surface area contributed by atoms with Crippen molar-refractivity contribution >= 4 is 29.4 Å². The lowest BCUT2D eigenvalue weighted by Gasteiger charge is -2.57. The van der Waals surface area contributed by atoms with Gasteiger partial charge in [-0.1, -0.05) is 66.7 Å². The molecule has 5 heteroatoms. The number of aromatic hydroxyl groups is 1. The number of nitrogens with zero attached hydrogens (tertiary/aromatic N) is 1. The number of phenols is 1. The van der Waals surface area contributed by atoms with Gasteiger partial charge in [0.1, 0.15) is 6.10 Å². The highest BCUT2D eigenvalue weighted by molar-refractivity contribution is 5.86. The van der Waals surface area contributed by atoms with Gasteiger partial charge in [-0.25, -0.2) is 0 Å². The van der Waals surface area contributed by atoms with E-state index in [1.165, 1.54) is 38.9 Å². The Morgan fingerprint density at radius 3 is 2.75 bits per heavy atom. The molecule has 4 aromatic rings. The van der Waals surface area contributed by atoms with E-state index in [0.29, 0.717) is 12.0 Å². The number of hydrogen-bond acceptors (Lipinski definition) is 3. The number of aromatic amines is 1. The number of H-pyrrole nitrogens is 1. The number of hydrogen-bond donors (Lipinski definition) is 2. The lowest BCUT2D eigenvalue weighted by molar-refractivity contribution is -0.0310. The van der Waals surface area contributed by atoms with E-state index in [-0.39, 0.29) is 29.7 Å². The molecule has 2 aliphatic carbocycles. The largest absolute Gasteiger partial charge is 0.504 e. The molecule has 1 spiro atoms. The van der Waals surface area contributed by atoms with Gasteiger partial charge in [0.05, 0.1) is 5.69 Å². The van der Waals surface area contributed by atoms with Crippen LogP contribution in [0.2, 0.25) is 0 Å². The molecular formula is C31H29ClN2O2. The highest BCUT2D eigenvalue weighted by atomic mass is 35.5. The first-order valence-corrected chi connectivity index (χ1v) is 12.8. The minimum Gasteiger partial charge on any atom is -0.504 e. The fourth-order valence-corrected chi connectivity index (χ4v) is 7.81. The molecule has 2 bridgehead atoms. The molecule has 2 N–H and O–H groups in total. The van der Waals surface area contributed by atoms with E-state index < -0.39 is 0 Å². The summed E-state index contributed by atoms with van der Waals surface area (Å²) in [5.41, 5.74) is 7.66. The number of aromatic nitrogens is 1. The third kappa shape index (κ3) is 2.80. The maximum Gasteiger partial charge on any atom is 0.166 e. The SMILES string of the molecule is Cl.Oc1ccc2c3c1O[C@H]1c4[nH]c5ccccc5c4C[C@H]4[C@H](C2)N(C/C=C/c2ccccc2)CC[C@]314. The number of rotatable bonds is 3. The van der Waals surface area contributed by atoms with Crippen LogP contribution in [0.25, 0.3) is 17.0 Å². The van der Waals surface area contributed by atoms with Gasteiger partial charge in [-0.2, -0.15) is 0 Å². The Morgan fingerprint density at radius 1 is 1.03 bits per heavy atom. The molecule has 4 aliphatic rings. The van der Waals surface area contributed by atoms with E-state index in [2.05, 4.69) is 82.7 Å². The zero-order chi connectivity index (χ0) is 23.1. The van der Waals surface area contributed by atoms with Crippen molar-refractivity contribution in [1.29, 1.82) is 0 Å². The molecule has 0 saturated carbocycles. The lowest BCUT2D eigenvalue weighted by Crippen LogP contribution is -2.62. The van der Waals surface area contributed by atoms with Crippen molar-refractivity contribution in [3.8, 4) is 11.5 Å². The maximum atomic E-state index is 10.8. The minimum absolute atomic E-state index is 0. The molecule has 1 saturated heterocycles. The van der Waals surface area contributed by atoms with Crippen molar-refractivity contribution in [3.05, 3.63) is 101 Å². The van der Waals surface area contributed by atoms with Gasteiger partial charge in [-0.3, -0.25) is 4.90 Å². The predicted octanol–water partition coefficient (Wildman–Crippen LogP) is 6.18. The highest BCUT2D eigenvalue weighted by Gasteiger charge is 2.65. The molecule has 182 valence electrons. The van der Waals surface area contributed by atoms with Crippen molar-refractivity contribution in [1.82, 2.24) is 9.88 Å². The third-order valence-corrected chi connectivity index (χ3v) is 9.21. The number of para-hydroxylation sites is 1. The molecule has 3 aromatic carbocycles. The maximum absolute atomic E-state index is 10.8. The van der Waals surface area contributed by atoms with E-state index in [0.717, 1.165) is 38.1 Å². The zero-order valence-corrected chi connectivity index (χ0v) is 20.8. The van der Waals surface area contributed by atoms with Gasteiger partial charge in [0.15, 0.2) is 11.5 Å². The van der Waals surface area contributed by atoms with E-state index in [1.54, 1.807) is 0 Å². The molecule has 4 atom stereocenters. The number of nitrogens with one attached hydrogen (secondary N) is 1. The van der Waals surface area contributed by atoms with Crippen molar-refractivity contribution in [3.63, 3.8) is 0 Å². The Bertz CT molecular complexity index is 1510. The number of benzene rings is 3. The van der Waals surface area contributed by atoms with Crippen LogP contribution in [0.1, 0.15) is 40.5 Å². The molecule has 1 fully saturated rings. The van der Waals surface area contributed by atoms with Crippen LogP contribution in [-0.4, -0.2) is 34.1 Å². The second kappa shape index (κ2) is 7.89. The molecule has 8 rings (SSSR count). The molecule has 1 aromatic heterocycles. The Morgan fingerprint density at radius 2 is 1.86 bits per heavy atom. The summed E-state index contributed by atoms with van der Waals surface area (Å²) in [5.74, 6) is 1.49. The zero-order valence-electron chi connectivity index (χ0n) is 20.0. The van der Waals surface area contributed by atoms with Gasteiger partial charge in [0, 0.05) is 34.5 Å². The van der Waals surface area contributed by atoms with Crippen LogP contribution in [0.15, 0.2) is 72.8 Å². The summed E-state index contributed by atoms with van der Waals surface area (Å²) in [6.45, 7) is 2.00. The first-order chi connectivity index (χ1) is 17.2. The molecular weight excluding hydrogens is 468 g/mol. The molecule has 0 amide bonds. The monoisotopic (exact) mass is 496 g/mol. The van der Waals surface area contributed by atoms with Crippen LogP contribution in [0.4, 0.5) is 0 Å². The number of ether oxygens (including phenoxy) is 1. The smallest absolute Gasteiger partial charge is 0.166 e. The van der Waals surface area contributed by atoms with Gasteiger partial charge in [-0.15, -0.1) is 12.4 Å². The second-order valence-electron chi connectivity index (χ2n) is 10.7. The van der Waals surface area contributed by atoms with Crippen LogP contribution in [0, 0.1) is 5.92 Å². The summed E-state index contributed by atoms with van der Waals surface area (Å²) in [4.78, 5) is 6.43. The summed E-state index contributed by atoms with van der Waals surface area (Å²) < 4.78 is 6.73. The summed E-state index contributed by atoms with van der Waals surface area (Å²) in [7, 11) is 0. The lowest BCUT2D eigenvalue weighted by atomic mass is 9.51. The Labute approximate surface area is 217 Å². The Balaban J connectivity index is 0.00000220. The van der Waals surface area contributed by atoms with E-state index in [9.17, 15) is 5.11 Å². The quantitative estimate of drug-likeness (QED) is 0.356. The van der Waals surface area contributed by atoms with Crippen LogP contribution in [-0.2, 0) is 18.3 Å². The van der Waals surface area contributed by atoms with E-state index >= 15 is 0 Å². The Kier molecular flexibility index (Phi) is 4.83. The van der Waals surface area contributed by atoms with Gasteiger partial charge in [0.25, 0.3) is 0 Å². The number of phenolic OH excluding ortho intramolecular Hbond substituents is 1. The topological polar surface area (TPSA) is 48.5 Å². The van der Waals surface area contributed by atoms with Gasteiger partial charge in [0.2, 0.25) is 0 Å². The fraction of sp³-hybridized carbons (Fsp3) is 0.290. The number of piperidine rings is 1. The summed E-state index contributed by atoms with van der Waals surface area (Å²) >= 11 is 0. The first-order valence-electron chi connectivity index (χ1n) is 12.8. The normalized spacial score (nSPS) is 27.4. The summed E-state index contributed by atoms with van der Waals surface area (Å²) in [6, 6.07) is 23.7. The van der Waals surface area contributed by atoms with Crippen LogP contribution < -0.4 is 4.74 Å². The van der Waals surface area contributed by atoms with Gasteiger partial charge >= 0.3 is 0 Å². The fourth-order valence-electron chi connectivity index (χ4n) is 7.81. The van der Waals surface area contributed by atoms with Crippen molar-refractivity contribution in [2.24, 2.45) is 5.92 Å². The van der Waals surface area contributed by atoms with Gasteiger partial charge in [-0.05, 0) is 60.5 Å². The number of fused-ring (bicyclic) bond motifs is 4. The second-order valence-corrected chi connectivity index (χ2v) is 10.7. The standard InChI is InChI=1S/C31H28N2O2.ClH/c34-26-13-12-20-17-25-23-18-22-21-10-4-5-11-24(21)32-28(22)30-31(23,27(20)29(26)35-30)14-16-33(25)15-6-9-19-7-2-1-3-8-19;/h1-13,23,25,30,32,34H,14-18H2;1H/b9-6+;/t23-,25-,30-,31-;/m0./s1. The average molecular weight is 497 g/mol. The van der Waals surface area contributed by atoms with Crippen LogP contribution in [0.5, 0.6) is 11.5 Å². The Hall–Kier alpha value is -3.21.